The number of nitrogens with two attached hydrogens (primary N) is 1. The number of alkyl halides is 1. The third kappa shape index (κ3) is 3.34. The Morgan fingerprint density at radius 1 is 1.33 bits per heavy atom. The number of anilines is 1. The minimum Gasteiger partial charge on any atom is -0.340 e. The maximum atomic E-state index is 13.8. The molecule has 0 aliphatic carbocycles. The van der Waals surface area contributed by atoms with Crippen LogP contribution in [0.25, 0.3) is 11.0 Å². The second kappa shape index (κ2) is 7.14. The van der Waals surface area contributed by atoms with Crippen LogP contribution in [-0.4, -0.2) is 39.8 Å². The van der Waals surface area contributed by atoms with Crippen molar-refractivity contribution < 1.29 is 4.39 Å². The lowest BCUT2D eigenvalue weighted by Gasteiger charge is -2.34. The van der Waals surface area contributed by atoms with E-state index in [0.29, 0.717) is 48.1 Å². The zero-order valence-electron chi connectivity index (χ0n) is 14.5. The SMILES string of the molecule is N#Cc1ccc(Cn2c(N3CC[C@@H](F)[C@H](N)C3)nc3c(Cl)cccc32)nc1. The van der Waals surface area contributed by atoms with Crippen LogP contribution in [0.5, 0.6) is 0 Å². The summed E-state index contributed by atoms with van der Waals surface area (Å²) in [6.07, 6.45) is 0.918. The third-order valence-electron chi connectivity index (χ3n) is 4.84. The molecule has 0 amide bonds. The highest BCUT2D eigenvalue weighted by Gasteiger charge is 2.29. The number of aromatic nitrogens is 3. The van der Waals surface area contributed by atoms with Crippen LogP contribution in [0.2, 0.25) is 5.02 Å². The number of fused-ring (bicyclic) bond motifs is 1. The van der Waals surface area contributed by atoms with Crippen LogP contribution in [0, 0.1) is 11.3 Å². The first-order valence-corrected chi connectivity index (χ1v) is 9.09. The van der Waals surface area contributed by atoms with E-state index in [1.807, 2.05) is 27.7 Å². The van der Waals surface area contributed by atoms with Gasteiger partial charge in [-0.15, -0.1) is 0 Å². The standard InChI is InChI=1S/C19H18ClFN6/c20-14-2-1-3-17-18(14)25-19(26-7-6-15(21)16(23)11-26)27(17)10-13-5-4-12(8-22)9-24-13/h1-5,9,15-16H,6-7,10-11,23H2/t15-,16-/m1/s1. The largest absolute Gasteiger partial charge is 0.340 e. The van der Waals surface area contributed by atoms with E-state index in [-0.39, 0.29) is 0 Å². The molecule has 2 N–H and O–H groups in total. The lowest BCUT2D eigenvalue weighted by molar-refractivity contribution is 0.243. The average molecular weight is 385 g/mol. The van der Waals surface area contributed by atoms with Crippen LogP contribution >= 0.6 is 11.6 Å². The van der Waals surface area contributed by atoms with Crippen LogP contribution < -0.4 is 10.6 Å². The summed E-state index contributed by atoms with van der Waals surface area (Å²) in [6, 6.07) is 10.7. The fourth-order valence-electron chi connectivity index (χ4n) is 3.38. The number of hydrogen-bond donors (Lipinski definition) is 1. The molecule has 3 aromatic rings. The molecule has 8 heteroatoms. The van der Waals surface area contributed by atoms with E-state index >= 15 is 0 Å². The number of nitrogens with zero attached hydrogens (tertiary/aromatic N) is 5. The number of nitriles is 1. The molecule has 0 spiro atoms. The predicted molar refractivity (Wildman–Crippen MR) is 102 cm³/mol. The van der Waals surface area contributed by atoms with E-state index in [1.165, 1.54) is 0 Å². The molecule has 0 bridgehead atoms. The highest BCUT2D eigenvalue weighted by Crippen LogP contribution is 2.30. The first-order chi connectivity index (χ1) is 13.1. The Labute approximate surface area is 161 Å². The van der Waals surface area contributed by atoms with E-state index in [0.717, 1.165) is 11.2 Å². The van der Waals surface area contributed by atoms with Gasteiger partial charge >= 0.3 is 0 Å². The normalized spacial score (nSPS) is 20.0. The lowest BCUT2D eigenvalue weighted by atomic mass is 10.1. The fourth-order valence-corrected chi connectivity index (χ4v) is 3.59. The van der Waals surface area contributed by atoms with Gasteiger partial charge < -0.3 is 15.2 Å². The maximum absolute atomic E-state index is 13.8. The summed E-state index contributed by atoms with van der Waals surface area (Å²) in [5.41, 5.74) is 8.81. The van der Waals surface area contributed by atoms with Gasteiger partial charge in [0.1, 0.15) is 17.8 Å². The summed E-state index contributed by atoms with van der Waals surface area (Å²) in [5, 5.41) is 9.51. The van der Waals surface area contributed by atoms with Crippen molar-refractivity contribution in [3.63, 3.8) is 0 Å². The Hall–Kier alpha value is -2.69. The van der Waals surface area contributed by atoms with Crippen LogP contribution in [-0.2, 0) is 6.54 Å². The van der Waals surface area contributed by atoms with Gasteiger partial charge in [-0.05, 0) is 30.7 Å². The van der Waals surface area contributed by atoms with Crippen molar-refractivity contribution >= 4 is 28.6 Å². The molecule has 1 fully saturated rings. The van der Waals surface area contributed by atoms with Crippen molar-refractivity contribution in [1.29, 1.82) is 5.26 Å². The van der Waals surface area contributed by atoms with E-state index < -0.39 is 12.2 Å². The van der Waals surface area contributed by atoms with Gasteiger partial charge in [0.25, 0.3) is 0 Å². The van der Waals surface area contributed by atoms with Crippen LogP contribution in [0.1, 0.15) is 17.7 Å². The molecule has 6 nitrogen and oxygen atoms in total. The topological polar surface area (TPSA) is 83.8 Å². The number of piperidine rings is 1. The molecule has 138 valence electrons. The fraction of sp³-hybridized carbons (Fsp3) is 0.316. The monoisotopic (exact) mass is 384 g/mol. The van der Waals surface area contributed by atoms with E-state index in [1.54, 1.807) is 18.3 Å². The summed E-state index contributed by atoms with van der Waals surface area (Å²) in [6.45, 7) is 1.39. The quantitative estimate of drug-likeness (QED) is 0.750. The molecule has 2 atom stereocenters. The summed E-state index contributed by atoms with van der Waals surface area (Å²) in [5.74, 6) is 0.701. The Bertz CT molecular complexity index is 1010. The van der Waals surface area contributed by atoms with Gasteiger partial charge in [-0.2, -0.15) is 5.26 Å². The number of hydrogen-bond acceptors (Lipinski definition) is 5. The molecular weight excluding hydrogens is 367 g/mol. The second-order valence-corrected chi connectivity index (χ2v) is 7.08. The van der Waals surface area contributed by atoms with Crippen LogP contribution in [0.15, 0.2) is 36.5 Å². The number of para-hydroxylation sites is 1. The molecule has 0 unspecified atom stereocenters. The summed E-state index contributed by atoms with van der Waals surface area (Å²) < 4.78 is 15.8. The van der Waals surface area contributed by atoms with Gasteiger partial charge in [0, 0.05) is 19.3 Å². The van der Waals surface area contributed by atoms with E-state index in [4.69, 9.17) is 27.6 Å². The summed E-state index contributed by atoms with van der Waals surface area (Å²) in [7, 11) is 0. The van der Waals surface area contributed by atoms with Gasteiger partial charge in [-0.1, -0.05) is 17.7 Å². The van der Waals surface area contributed by atoms with Crippen molar-refractivity contribution in [3.05, 3.63) is 52.8 Å². The first-order valence-electron chi connectivity index (χ1n) is 8.71. The summed E-state index contributed by atoms with van der Waals surface area (Å²) >= 11 is 6.34. The van der Waals surface area contributed by atoms with Crippen molar-refractivity contribution in [1.82, 2.24) is 14.5 Å². The van der Waals surface area contributed by atoms with Gasteiger partial charge in [0.05, 0.1) is 34.4 Å². The number of halogens is 2. The molecule has 0 saturated carbocycles. The maximum Gasteiger partial charge on any atom is 0.207 e. The molecule has 0 radical (unpaired) electrons. The zero-order valence-corrected chi connectivity index (χ0v) is 15.3. The number of benzene rings is 1. The Balaban J connectivity index is 1.77. The van der Waals surface area contributed by atoms with Crippen LogP contribution in [0.3, 0.4) is 0 Å². The van der Waals surface area contributed by atoms with Gasteiger partial charge in [-0.25, -0.2) is 9.37 Å². The third-order valence-corrected chi connectivity index (χ3v) is 5.14. The Kier molecular flexibility index (Phi) is 4.68. The van der Waals surface area contributed by atoms with Crippen molar-refractivity contribution in [2.45, 2.75) is 25.2 Å². The van der Waals surface area contributed by atoms with Gasteiger partial charge in [-0.3, -0.25) is 4.98 Å². The number of pyridine rings is 1. The molecular formula is C19H18ClFN6. The smallest absolute Gasteiger partial charge is 0.207 e. The number of rotatable bonds is 3. The highest BCUT2D eigenvalue weighted by atomic mass is 35.5. The summed E-state index contributed by atoms with van der Waals surface area (Å²) in [4.78, 5) is 11.1. The van der Waals surface area contributed by atoms with E-state index in [9.17, 15) is 4.39 Å². The zero-order chi connectivity index (χ0) is 19.0. The highest BCUT2D eigenvalue weighted by molar-refractivity contribution is 6.35. The van der Waals surface area contributed by atoms with Crippen molar-refractivity contribution in [3.8, 4) is 6.07 Å². The second-order valence-electron chi connectivity index (χ2n) is 6.67. The number of imidazole rings is 1. The molecule has 1 saturated heterocycles. The molecule has 2 aromatic heterocycles. The minimum absolute atomic E-state index is 0.368. The minimum atomic E-state index is -0.997. The Morgan fingerprint density at radius 3 is 2.89 bits per heavy atom. The van der Waals surface area contributed by atoms with Crippen molar-refractivity contribution in [2.75, 3.05) is 18.0 Å². The Morgan fingerprint density at radius 2 is 2.19 bits per heavy atom. The van der Waals surface area contributed by atoms with Gasteiger partial charge in [0.2, 0.25) is 5.95 Å². The molecule has 4 rings (SSSR count). The molecule has 3 heterocycles. The first kappa shape index (κ1) is 17.7. The van der Waals surface area contributed by atoms with Gasteiger partial charge in [0.15, 0.2) is 0 Å². The molecule has 27 heavy (non-hydrogen) atoms. The average Bonchev–Trinajstić information content (AvgIpc) is 3.04. The van der Waals surface area contributed by atoms with E-state index in [2.05, 4.69) is 11.1 Å². The van der Waals surface area contributed by atoms with Crippen molar-refractivity contribution in [2.24, 2.45) is 5.73 Å². The van der Waals surface area contributed by atoms with Crippen LogP contribution in [0.4, 0.5) is 10.3 Å². The lowest BCUT2D eigenvalue weighted by Crippen LogP contribution is -2.50. The molecule has 1 aliphatic rings. The molecule has 1 aromatic carbocycles. The predicted octanol–water partition coefficient (Wildman–Crippen LogP) is 2.88. The molecule has 1 aliphatic heterocycles.